The molecule has 1 atom stereocenters. The van der Waals surface area contributed by atoms with Gasteiger partial charge in [0.05, 0.1) is 5.92 Å². The summed E-state index contributed by atoms with van der Waals surface area (Å²) < 4.78 is 0. The summed E-state index contributed by atoms with van der Waals surface area (Å²) in [4.78, 5) is 11.8. The zero-order chi connectivity index (χ0) is 10.3. The Kier molecular flexibility index (Phi) is 1.86. The Morgan fingerprint density at radius 1 is 1.27 bits per heavy atom. The van der Waals surface area contributed by atoms with E-state index >= 15 is 0 Å². The van der Waals surface area contributed by atoms with Crippen LogP contribution in [0.5, 0.6) is 0 Å². The van der Waals surface area contributed by atoms with Gasteiger partial charge in [0, 0.05) is 17.5 Å². The maximum Gasteiger partial charge on any atom is 0.165 e. The molecule has 0 aromatic heterocycles. The van der Waals surface area contributed by atoms with Crippen molar-refractivity contribution in [3.8, 4) is 0 Å². The topological polar surface area (TPSA) is 41.1 Å². The summed E-state index contributed by atoms with van der Waals surface area (Å²) in [7, 11) is 0. The highest BCUT2D eigenvalue weighted by Crippen LogP contribution is 2.18. The normalized spacial score (nSPS) is 23.6. The molecule has 2 N–H and O–H groups in total. The Balaban J connectivity index is 2.33. The van der Waals surface area contributed by atoms with Crippen molar-refractivity contribution in [1.29, 1.82) is 0 Å². The Labute approximate surface area is 87.5 Å². The predicted octanol–water partition coefficient (Wildman–Crippen LogP) is -0.728. The van der Waals surface area contributed by atoms with Gasteiger partial charge in [0.15, 0.2) is 5.78 Å². The molecule has 1 aliphatic carbocycles. The monoisotopic (exact) mass is 200 g/mol. The van der Waals surface area contributed by atoms with Crippen LogP contribution in [-0.2, 0) is 4.79 Å². The van der Waals surface area contributed by atoms with Crippen LogP contribution in [0.25, 0.3) is 11.8 Å². The third-order valence-electron chi connectivity index (χ3n) is 3.02. The van der Waals surface area contributed by atoms with Gasteiger partial charge in [-0.2, -0.15) is 0 Å². The molecule has 76 valence electrons. The van der Waals surface area contributed by atoms with Gasteiger partial charge < -0.3 is 5.43 Å². The highest BCUT2D eigenvalue weighted by Gasteiger charge is 2.27. The standard InChI is InChI=1S/C12H12N2O/c15-11-7-8-3-1-2-4-9(8)12-10(11)5-6-13-14-12/h1-4,7,10,13-14H,5-6H2. The van der Waals surface area contributed by atoms with Crippen molar-refractivity contribution in [2.75, 3.05) is 6.54 Å². The first-order valence-electron chi connectivity index (χ1n) is 5.20. The molecule has 15 heavy (non-hydrogen) atoms. The number of carbonyl (C=O) groups excluding carboxylic acids is 1. The molecule has 1 heterocycles. The van der Waals surface area contributed by atoms with Crippen molar-refractivity contribution in [2.24, 2.45) is 5.92 Å². The fourth-order valence-electron chi connectivity index (χ4n) is 2.27. The van der Waals surface area contributed by atoms with E-state index in [-0.39, 0.29) is 11.7 Å². The van der Waals surface area contributed by atoms with E-state index < -0.39 is 0 Å². The van der Waals surface area contributed by atoms with Gasteiger partial charge in [-0.15, -0.1) is 0 Å². The predicted molar refractivity (Wildman–Crippen MR) is 57.8 cm³/mol. The number of ketones is 1. The third-order valence-corrected chi connectivity index (χ3v) is 3.02. The number of hydrazine groups is 1. The Hall–Kier alpha value is -1.61. The molecule has 1 unspecified atom stereocenters. The number of benzene rings is 1. The molecule has 0 radical (unpaired) electrons. The van der Waals surface area contributed by atoms with Crippen LogP contribution in [0.2, 0.25) is 0 Å². The molecular formula is C12H12N2O. The van der Waals surface area contributed by atoms with Crippen LogP contribution in [0.4, 0.5) is 0 Å². The lowest BCUT2D eigenvalue weighted by Gasteiger charge is -2.27. The fourth-order valence-corrected chi connectivity index (χ4v) is 2.27. The molecule has 0 spiro atoms. The van der Waals surface area contributed by atoms with Crippen LogP contribution < -0.4 is 21.3 Å². The number of carbonyl (C=O) groups is 1. The fraction of sp³-hybridized carbons (Fsp3) is 0.250. The second-order valence-corrected chi connectivity index (χ2v) is 3.94. The molecule has 0 bridgehead atoms. The highest BCUT2D eigenvalue weighted by atomic mass is 16.1. The van der Waals surface area contributed by atoms with E-state index in [0.29, 0.717) is 0 Å². The van der Waals surface area contributed by atoms with Crippen molar-refractivity contribution in [1.82, 2.24) is 10.9 Å². The number of nitrogens with one attached hydrogen (secondary N) is 2. The van der Waals surface area contributed by atoms with E-state index in [2.05, 4.69) is 16.9 Å². The van der Waals surface area contributed by atoms with Crippen molar-refractivity contribution in [3.05, 3.63) is 34.7 Å². The quantitative estimate of drug-likeness (QED) is 0.580. The summed E-state index contributed by atoms with van der Waals surface area (Å²) in [5.41, 5.74) is 7.26. The molecule has 0 amide bonds. The number of rotatable bonds is 0. The second kappa shape index (κ2) is 3.21. The van der Waals surface area contributed by atoms with Crippen LogP contribution in [0, 0.1) is 5.92 Å². The van der Waals surface area contributed by atoms with Crippen LogP contribution >= 0.6 is 0 Å². The average Bonchev–Trinajstić information content (AvgIpc) is 2.30. The van der Waals surface area contributed by atoms with E-state index in [1.165, 1.54) is 0 Å². The number of Topliss-reactive ketones (excluding diaryl/α,β-unsaturated/α-hetero) is 1. The first-order chi connectivity index (χ1) is 7.36. The van der Waals surface area contributed by atoms with Gasteiger partial charge in [-0.05, 0) is 17.7 Å². The first kappa shape index (κ1) is 8.68. The largest absolute Gasteiger partial charge is 0.324 e. The lowest BCUT2D eigenvalue weighted by Crippen LogP contribution is -2.50. The van der Waals surface area contributed by atoms with Crippen molar-refractivity contribution in [2.45, 2.75) is 6.42 Å². The third kappa shape index (κ3) is 1.27. The smallest absolute Gasteiger partial charge is 0.165 e. The van der Waals surface area contributed by atoms with Gasteiger partial charge in [-0.3, -0.25) is 4.79 Å². The zero-order valence-electron chi connectivity index (χ0n) is 8.29. The summed E-state index contributed by atoms with van der Waals surface area (Å²) in [6.45, 7) is 0.843. The molecule has 1 saturated heterocycles. The molecule has 3 nitrogen and oxygen atoms in total. The van der Waals surface area contributed by atoms with Crippen LogP contribution in [0.3, 0.4) is 0 Å². The van der Waals surface area contributed by atoms with E-state index in [0.717, 1.165) is 29.1 Å². The molecule has 1 fully saturated rings. The Morgan fingerprint density at radius 3 is 3.07 bits per heavy atom. The maximum absolute atomic E-state index is 11.8. The van der Waals surface area contributed by atoms with Crippen molar-refractivity contribution >= 4 is 17.6 Å². The van der Waals surface area contributed by atoms with E-state index in [4.69, 9.17) is 0 Å². The molecule has 1 aromatic rings. The van der Waals surface area contributed by atoms with E-state index in [1.807, 2.05) is 18.2 Å². The minimum atomic E-state index is 0.0288. The number of hydrogen-bond acceptors (Lipinski definition) is 3. The van der Waals surface area contributed by atoms with Gasteiger partial charge in [-0.1, -0.05) is 24.3 Å². The number of hydrogen-bond donors (Lipinski definition) is 2. The summed E-state index contributed by atoms with van der Waals surface area (Å²) in [6.07, 6.45) is 2.64. The van der Waals surface area contributed by atoms with Gasteiger partial charge in [0.1, 0.15) is 0 Å². The molecule has 0 saturated carbocycles. The lowest BCUT2D eigenvalue weighted by atomic mass is 9.89. The zero-order valence-corrected chi connectivity index (χ0v) is 8.29. The van der Waals surface area contributed by atoms with Crippen molar-refractivity contribution in [3.63, 3.8) is 0 Å². The molecule has 1 aliphatic heterocycles. The molecule has 3 rings (SSSR count). The molecule has 2 aliphatic rings. The summed E-state index contributed by atoms with van der Waals surface area (Å²) in [5, 5.41) is 2.17. The van der Waals surface area contributed by atoms with Crippen LogP contribution in [0.1, 0.15) is 6.42 Å². The average molecular weight is 200 g/mol. The van der Waals surface area contributed by atoms with Crippen LogP contribution in [-0.4, -0.2) is 12.3 Å². The molecular weight excluding hydrogens is 188 g/mol. The minimum absolute atomic E-state index is 0.0288. The first-order valence-corrected chi connectivity index (χ1v) is 5.20. The van der Waals surface area contributed by atoms with Crippen molar-refractivity contribution < 1.29 is 4.79 Å². The second-order valence-electron chi connectivity index (χ2n) is 3.94. The Bertz CT molecular complexity index is 533. The summed E-state index contributed by atoms with van der Waals surface area (Å²) >= 11 is 0. The van der Waals surface area contributed by atoms with Gasteiger partial charge >= 0.3 is 0 Å². The van der Waals surface area contributed by atoms with Gasteiger partial charge in [0.25, 0.3) is 0 Å². The summed E-state index contributed by atoms with van der Waals surface area (Å²) in [5.74, 6) is 0.249. The summed E-state index contributed by atoms with van der Waals surface area (Å²) in [6, 6.07) is 8.00. The van der Waals surface area contributed by atoms with Gasteiger partial charge in [0.2, 0.25) is 0 Å². The Morgan fingerprint density at radius 2 is 2.13 bits per heavy atom. The lowest BCUT2D eigenvalue weighted by molar-refractivity contribution is -0.115. The van der Waals surface area contributed by atoms with Gasteiger partial charge in [-0.25, -0.2) is 5.43 Å². The molecule has 1 aromatic carbocycles. The van der Waals surface area contributed by atoms with Crippen LogP contribution in [0.15, 0.2) is 24.3 Å². The molecule has 3 heteroatoms. The minimum Gasteiger partial charge on any atom is -0.324 e. The highest BCUT2D eigenvalue weighted by molar-refractivity contribution is 6.12. The van der Waals surface area contributed by atoms with E-state index in [1.54, 1.807) is 6.08 Å². The van der Waals surface area contributed by atoms with E-state index in [9.17, 15) is 4.79 Å². The number of fused-ring (bicyclic) bond motifs is 2. The SMILES string of the molecule is O=C1C=c2ccccc2=C2NNCCC12. The maximum atomic E-state index is 11.8.